The summed E-state index contributed by atoms with van der Waals surface area (Å²) in [5, 5.41) is 8.93. The molecule has 2 aromatic carbocycles. The second kappa shape index (κ2) is 5.98. The number of ether oxygens (including phenoxy) is 1. The van der Waals surface area contributed by atoms with Crippen LogP contribution in [0.3, 0.4) is 0 Å². The summed E-state index contributed by atoms with van der Waals surface area (Å²) in [4.78, 5) is 10.8. The van der Waals surface area contributed by atoms with Crippen molar-refractivity contribution in [3.05, 3.63) is 65.2 Å². The molecule has 0 fully saturated rings. The lowest BCUT2D eigenvalue weighted by Gasteiger charge is -2.08. The predicted molar refractivity (Wildman–Crippen MR) is 68.5 cm³/mol. The van der Waals surface area contributed by atoms with Gasteiger partial charge >= 0.3 is 0 Å². The van der Waals surface area contributed by atoms with E-state index in [-0.39, 0.29) is 6.61 Å². The molecule has 0 aliphatic rings. The van der Waals surface area contributed by atoms with E-state index in [4.69, 9.17) is 9.84 Å². The normalized spacial score (nSPS) is 10.1. The minimum atomic E-state index is 0.0368. The van der Waals surface area contributed by atoms with Gasteiger partial charge in [-0.05, 0) is 23.3 Å². The Bertz CT molecular complexity index is 518. The monoisotopic (exact) mass is 242 g/mol. The van der Waals surface area contributed by atoms with Gasteiger partial charge in [-0.15, -0.1) is 0 Å². The topological polar surface area (TPSA) is 46.5 Å². The molecule has 0 spiro atoms. The lowest BCUT2D eigenvalue weighted by molar-refractivity contribution is 0.111. The summed E-state index contributed by atoms with van der Waals surface area (Å²) in [7, 11) is 0. The summed E-state index contributed by atoms with van der Waals surface area (Å²) in [5.74, 6) is 0.582. The number of aldehydes is 1. The van der Waals surface area contributed by atoms with Crippen LogP contribution in [0, 0.1) is 0 Å². The van der Waals surface area contributed by atoms with E-state index in [0.29, 0.717) is 17.9 Å². The van der Waals surface area contributed by atoms with Gasteiger partial charge < -0.3 is 9.84 Å². The van der Waals surface area contributed by atoms with E-state index in [9.17, 15) is 4.79 Å². The lowest BCUT2D eigenvalue weighted by atomic mass is 10.1. The second-order valence-corrected chi connectivity index (χ2v) is 3.92. The van der Waals surface area contributed by atoms with Gasteiger partial charge in [0.05, 0.1) is 12.2 Å². The van der Waals surface area contributed by atoms with Gasteiger partial charge in [0, 0.05) is 0 Å². The van der Waals surface area contributed by atoms with E-state index in [2.05, 4.69) is 0 Å². The van der Waals surface area contributed by atoms with E-state index in [1.165, 1.54) is 0 Å². The molecule has 2 rings (SSSR count). The molecule has 92 valence electrons. The molecule has 3 nitrogen and oxygen atoms in total. The Hall–Kier alpha value is -2.13. The Morgan fingerprint density at radius 1 is 1.00 bits per heavy atom. The van der Waals surface area contributed by atoms with E-state index < -0.39 is 0 Å². The largest absolute Gasteiger partial charge is 0.488 e. The van der Waals surface area contributed by atoms with Crippen molar-refractivity contribution in [3.8, 4) is 5.75 Å². The van der Waals surface area contributed by atoms with Gasteiger partial charge in [0.2, 0.25) is 0 Å². The van der Waals surface area contributed by atoms with Gasteiger partial charge in [0.1, 0.15) is 12.4 Å². The number of hydrogen-bond acceptors (Lipinski definition) is 3. The van der Waals surface area contributed by atoms with E-state index in [1.807, 2.05) is 30.3 Å². The minimum Gasteiger partial charge on any atom is -0.488 e. The van der Waals surface area contributed by atoms with Gasteiger partial charge in [-0.25, -0.2) is 0 Å². The first-order valence-corrected chi connectivity index (χ1v) is 5.69. The molecule has 0 atom stereocenters. The van der Waals surface area contributed by atoms with Crippen LogP contribution in [0.25, 0.3) is 0 Å². The molecular formula is C15H14O3. The number of carbonyl (C=O) groups excluding carboxylic acids is 1. The maximum atomic E-state index is 10.8. The quantitative estimate of drug-likeness (QED) is 0.820. The van der Waals surface area contributed by atoms with Crippen molar-refractivity contribution in [2.45, 2.75) is 13.2 Å². The lowest BCUT2D eigenvalue weighted by Crippen LogP contribution is -1.98. The molecule has 0 aliphatic heterocycles. The maximum absolute atomic E-state index is 10.8. The Kier molecular flexibility index (Phi) is 4.10. The van der Waals surface area contributed by atoms with Crippen LogP contribution < -0.4 is 4.74 Å². The summed E-state index contributed by atoms with van der Waals surface area (Å²) in [6, 6.07) is 14.6. The third kappa shape index (κ3) is 2.96. The summed E-state index contributed by atoms with van der Waals surface area (Å²) in [6.45, 7) is 0.436. The Labute approximate surface area is 106 Å². The van der Waals surface area contributed by atoms with Crippen molar-refractivity contribution in [1.82, 2.24) is 0 Å². The predicted octanol–water partition coefficient (Wildman–Crippen LogP) is 2.57. The molecule has 0 aliphatic carbocycles. The number of benzene rings is 2. The number of aliphatic hydroxyl groups excluding tert-OH is 1. The molecule has 0 bridgehead atoms. The van der Waals surface area contributed by atoms with Crippen LogP contribution in [0.1, 0.15) is 21.5 Å². The van der Waals surface area contributed by atoms with Gasteiger partial charge in [-0.2, -0.15) is 0 Å². The number of rotatable bonds is 5. The van der Waals surface area contributed by atoms with Crippen molar-refractivity contribution < 1.29 is 14.6 Å². The summed E-state index contributed by atoms with van der Waals surface area (Å²) >= 11 is 0. The smallest absolute Gasteiger partial charge is 0.153 e. The maximum Gasteiger partial charge on any atom is 0.153 e. The van der Waals surface area contributed by atoms with Crippen molar-refractivity contribution in [1.29, 1.82) is 0 Å². The molecule has 0 saturated carbocycles. The van der Waals surface area contributed by atoms with Crippen molar-refractivity contribution >= 4 is 6.29 Å². The molecule has 18 heavy (non-hydrogen) atoms. The third-order valence-corrected chi connectivity index (χ3v) is 2.65. The van der Waals surface area contributed by atoms with Crippen molar-refractivity contribution in [2.24, 2.45) is 0 Å². The zero-order chi connectivity index (χ0) is 12.8. The SMILES string of the molecule is O=Cc1ccccc1OCc1ccc(CO)cc1. The molecule has 3 heteroatoms. The number of aliphatic hydroxyl groups is 1. The van der Waals surface area contributed by atoms with E-state index >= 15 is 0 Å². The van der Waals surface area contributed by atoms with Crippen LogP contribution in [0.4, 0.5) is 0 Å². The molecule has 0 radical (unpaired) electrons. The molecular weight excluding hydrogens is 228 g/mol. The van der Waals surface area contributed by atoms with Crippen molar-refractivity contribution in [3.63, 3.8) is 0 Å². The second-order valence-electron chi connectivity index (χ2n) is 3.92. The first kappa shape index (κ1) is 12.3. The zero-order valence-corrected chi connectivity index (χ0v) is 9.87. The fraction of sp³-hybridized carbons (Fsp3) is 0.133. The van der Waals surface area contributed by atoms with E-state index in [0.717, 1.165) is 17.4 Å². The highest BCUT2D eigenvalue weighted by atomic mass is 16.5. The van der Waals surface area contributed by atoms with Crippen LogP contribution in [-0.4, -0.2) is 11.4 Å². The molecule has 0 heterocycles. The van der Waals surface area contributed by atoms with Gasteiger partial charge in [0.15, 0.2) is 6.29 Å². The summed E-state index contributed by atoms with van der Waals surface area (Å²) in [6.07, 6.45) is 0.782. The fourth-order valence-electron chi connectivity index (χ4n) is 1.61. The molecule has 1 N–H and O–H groups in total. The standard InChI is InChI=1S/C15H14O3/c16-9-12-5-7-13(8-6-12)11-18-15-4-2-1-3-14(15)10-17/h1-8,10,16H,9,11H2. The highest BCUT2D eigenvalue weighted by Gasteiger charge is 2.01. The molecule has 0 amide bonds. The number of hydrogen-bond donors (Lipinski definition) is 1. The summed E-state index contributed by atoms with van der Waals surface area (Å²) in [5.41, 5.74) is 2.41. The highest BCUT2D eigenvalue weighted by molar-refractivity contribution is 5.79. The van der Waals surface area contributed by atoms with E-state index in [1.54, 1.807) is 18.2 Å². The average Bonchev–Trinajstić information content (AvgIpc) is 2.46. The van der Waals surface area contributed by atoms with Gasteiger partial charge in [-0.3, -0.25) is 4.79 Å². The number of para-hydroxylation sites is 1. The highest BCUT2D eigenvalue weighted by Crippen LogP contribution is 2.17. The Balaban J connectivity index is 2.04. The van der Waals surface area contributed by atoms with Crippen LogP contribution in [0.15, 0.2) is 48.5 Å². The Morgan fingerprint density at radius 3 is 2.33 bits per heavy atom. The van der Waals surface area contributed by atoms with Crippen LogP contribution in [0.5, 0.6) is 5.75 Å². The first-order valence-electron chi connectivity index (χ1n) is 5.69. The van der Waals surface area contributed by atoms with Gasteiger partial charge in [0.25, 0.3) is 0 Å². The Morgan fingerprint density at radius 2 is 1.67 bits per heavy atom. The molecule has 0 aromatic heterocycles. The molecule has 0 unspecified atom stereocenters. The first-order chi connectivity index (χ1) is 8.83. The van der Waals surface area contributed by atoms with Gasteiger partial charge in [-0.1, -0.05) is 36.4 Å². The molecule has 2 aromatic rings. The van der Waals surface area contributed by atoms with Crippen LogP contribution >= 0.6 is 0 Å². The minimum absolute atomic E-state index is 0.0368. The summed E-state index contributed by atoms with van der Waals surface area (Å²) < 4.78 is 5.59. The van der Waals surface area contributed by atoms with Crippen LogP contribution in [0.2, 0.25) is 0 Å². The van der Waals surface area contributed by atoms with Crippen molar-refractivity contribution in [2.75, 3.05) is 0 Å². The third-order valence-electron chi connectivity index (χ3n) is 2.65. The fourth-order valence-corrected chi connectivity index (χ4v) is 1.61. The van der Waals surface area contributed by atoms with Crippen LogP contribution in [-0.2, 0) is 13.2 Å². The zero-order valence-electron chi connectivity index (χ0n) is 9.87. The molecule has 0 saturated heterocycles. The average molecular weight is 242 g/mol. The number of carbonyl (C=O) groups is 1.